The van der Waals surface area contributed by atoms with Gasteiger partial charge in [0.1, 0.15) is 11.5 Å². The summed E-state index contributed by atoms with van der Waals surface area (Å²) in [6.45, 7) is 0. The molecule has 2 aromatic heterocycles. The highest BCUT2D eigenvalue weighted by atomic mass is 16.5. The molecule has 1 aromatic carbocycles. The maximum absolute atomic E-state index is 5.39. The first-order chi connectivity index (χ1) is 10.8. The van der Waals surface area contributed by atoms with Gasteiger partial charge in [-0.2, -0.15) is 10.2 Å². The van der Waals surface area contributed by atoms with Crippen LogP contribution in [-0.4, -0.2) is 34.6 Å². The molecule has 3 aromatic rings. The number of hydrogen-bond acceptors (Lipinski definition) is 6. The van der Waals surface area contributed by atoms with Crippen LogP contribution in [0.15, 0.2) is 48.8 Å². The fourth-order valence-electron chi connectivity index (χ4n) is 2.08. The maximum Gasteiger partial charge on any atom is 0.132 e. The van der Waals surface area contributed by atoms with Crippen molar-refractivity contribution < 1.29 is 9.47 Å². The molecule has 0 radical (unpaired) electrons. The van der Waals surface area contributed by atoms with Crippen LogP contribution < -0.4 is 9.47 Å². The molecule has 0 bridgehead atoms. The van der Waals surface area contributed by atoms with Crippen molar-refractivity contribution in [2.75, 3.05) is 14.2 Å². The number of hydrogen-bond donors (Lipinski definition) is 0. The number of aromatic nitrogens is 4. The van der Waals surface area contributed by atoms with E-state index >= 15 is 0 Å². The van der Waals surface area contributed by atoms with E-state index in [1.165, 1.54) is 0 Å². The van der Waals surface area contributed by atoms with E-state index in [9.17, 15) is 0 Å². The fourth-order valence-corrected chi connectivity index (χ4v) is 2.08. The molecule has 0 aliphatic carbocycles. The normalized spacial score (nSPS) is 10.3. The summed E-state index contributed by atoms with van der Waals surface area (Å²) in [6, 6.07) is 11.2. The van der Waals surface area contributed by atoms with Crippen molar-refractivity contribution in [3.63, 3.8) is 0 Å². The molecule has 0 fully saturated rings. The first kappa shape index (κ1) is 13.9. The van der Waals surface area contributed by atoms with Gasteiger partial charge in [-0.25, -0.2) is 0 Å². The predicted octanol–water partition coefficient (Wildman–Crippen LogP) is 2.62. The van der Waals surface area contributed by atoms with E-state index in [0.29, 0.717) is 5.75 Å². The Balaban J connectivity index is 1.96. The van der Waals surface area contributed by atoms with Crippen LogP contribution in [0.4, 0.5) is 0 Å². The molecule has 0 saturated carbocycles. The van der Waals surface area contributed by atoms with Gasteiger partial charge >= 0.3 is 0 Å². The van der Waals surface area contributed by atoms with Crippen molar-refractivity contribution >= 4 is 0 Å². The number of methoxy groups -OCH3 is 2. The van der Waals surface area contributed by atoms with Crippen molar-refractivity contribution in [3.8, 4) is 34.0 Å². The van der Waals surface area contributed by atoms with E-state index in [1.807, 2.05) is 36.4 Å². The topological polar surface area (TPSA) is 70.0 Å². The molecule has 0 N–H and O–H groups in total. The molecule has 22 heavy (non-hydrogen) atoms. The van der Waals surface area contributed by atoms with E-state index in [4.69, 9.17) is 9.47 Å². The van der Waals surface area contributed by atoms with Crippen LogP contribution in [0.1, 0.15) is 0 Å². The van der Waals surface area contributed by atoms with E-state index < -0.39 is 0 Å². The summed E-state index contributed by atoms with van der Waals surface area (Å²) >= 11 is 0. The summed E-state index contributed by atoms with van der Waals surface area (Å²) in [5.41, 5.74) is 3.20. The van der Waals surface area contributed by atoms with Crippen LogP contribution in [0.25, 0.3) is 22.5 Å². The summed E-state index contributed by atoms with van der Waals surface area (Å²) in [6.07, 6.45) is 3.27. The highest BCUT2D eigenvalue weighted by Gasteiger charge is 2.10. The first-order valence-electron chi connectivity index (χ1n) is 6.65. The van der Waals surface area contributed by atoms with Gasteiger partial charge in [0.05, 0.1) is 38.0 Å². The Morgan fingerprint density at radius 3 is 2.27 bits per heavy atom. The van der Waals surface area contributed by atoms with E-state index in [1.54, 1.807) is 26.6 Å². The van der Waals surface area contributed by atoms with Crippen LogP contribution in [-0.2, 0) is 0 Å². The average molecular weight is 294 g/mol. The van der Waals surface area contributed by atoms with Gasteiger partial charge in [0.25, 0.3) is 0 Å². The van der Waals surface area contributed by atoms with E-state index in [-0.39, 0.29) is 0 Å². The molecule has 2 heterocycles. The molecule has 0 unspecified atom stereocenters. The lowest BCUT2D eigenvalue weighted by Gasteiger charge is -2.09. The van der Waals surface area contributed by atoms with Crippen molar-refractivity contribution in [3.05, 3.63) is 48.8 Å². The van der Waals surface area contributed by atoms with Crippen molar-refractivity contribution in [1.29, 1.82) is 0 Å². The predicted molar refractivity (Wildman–Crippen MR) is 81.6 cm³/mol. The minimum Gasteiger partial charge on any atom is -0.497 e. The third-order valence-corrected chi connectivity index (χ3v) is 3.23. The van der Waals surface area contributed by atoms with E-state index in [2.05, 4.69) is 20.4 Å². The quantitative estimate of drug-likeness (QED) is 0.736. The number of benzene rings is 1. The monoisotopic (exact) mass is 294 g/mol. The largest absolute Gasteiger partial charge is 0.497 e. The van der Waals surface area contributed by atoms with Crippen molar-refractivity contribution in [2.24, 2.45) is 0 Å². The molecule has 0 aliphatic rings. The van der Waals surface area contributed by atoms with Crippen LogP contribution in [0.3, 0.4) is 0 Å². The Labute approximate surface area is 127 Å². The van der Waals surface area contributed by atoms with Crippen LogP contribution >= 0.6 is 0 Å². The smallest absolute Gasteiger partial charge is 0.132 e. The molecule has 6 nitrogen and oxygen atoms in total. The molecule has 0 atom stereocenters. The third-order valence-electron chi connectivity index (χ3n) is 3.23. The summed E-state index contributed by atoms with van der Waals surface area (Å²) < 4.78 is 10.6. The molecule has 3 rings (SSSR count). The van der Waals surface area contributed by atoms with E-state index in [0.717, 1.165) is 28.3 Å². The Morgan fingerprint density at radius 2 is 1.64 bits per heavy atom. The molecular weight excluding hydrogens is 280 g/mol. The molecule has 0 saturated heterocycles. The number of rotatable bonds is 4. The molecular formula is C16H14N4O2. The summed E-state index contributed by atoms with van der Waals surface area (Å²) in [4.78, 5) is 0. The van der Waals surface area contributed by atoms with Gasteiger partial charge in [-0.3, -0.25) is 0 Å². The lowest BCUT2D eigenvalue weighted by atomic mass is 10.1. The van der Waals surface area contributed by atoms with Crippen LogP contribution in [0, 0.1) is 0 Å². The third kappa shape index (κ3) is 2.71. The van der Waals surface area contributed by atoms with Crippen LogP contribution in [0.5, 0.6) is 11.5 Å². The second-order valence-electron chi connectivity index (χ2n) is 4.50. The molecule has 110 valence electrons. The maximum atomic E-state index is 5.39. The van der Waals surface area contributed by atoms with Crippen molar-refractivity contribution in [1.82, 2.24) is 20.4 Å². The second-order valence-corrected chi connectivity index (χ2v) is 4.50. The van der Waals surface area contributed by atoms with Gasteiger partial charge in [-0.15, -0.1) is 10.2 Å². The Hall–Kier alpha value is -3.02. The zero-order valence-corrected chi connectivity index (χ0v) is 12.2. The minimum atomic E-state index is 0.687. The lowest BCUT2D eigenvalue weighted by Crippen LogP contribution is -1.95. The number of nitrogens with zero attached hydrogens (tertiary/aromatic N) is 4. The second kappa shape index (κ2) is 6.17. The Bertz CT molecular complexity index is 761. The SMILES string of the molecule is COc1ccc(-c2ccc(-c3ccnnc3)nn2)c(OC)c1. The van der Waals surface area contributed by atoms with Gasteiger partial charge in [0, 0.05) is 17.2 Å². The molecule has 6 heteroatoms. The highest BCUT2D eigenvalue weighted by Crippen LogP contribution is 2.32. The molecule has 0 spiro atoms. The highest BCUT2D eigenvalue weighted by molar-refractivity contribution is 5.69. The van der Waals surface area contributed by atoms with Gasteiger partial charge in [-0.05, 0) is 30.3 Å². The summed E-state index contributed by atoms with van der Waals surface area (Å²) in [7, 11) is 3.23. The number of ether oxygens (including phenoxy) is 2. The fraction of sp³-hybridized carbons (Fsp3) is 0.125. The average Bonchev–Trinajstić information content (AvgIpc) is 2.62. The Morgan fingerprint density at radius 1 is 0.818 bits per heavy atom. The van der Waals surface area contributed by atoms with Gasteiger partial charge < -0.3 is 9.47 Å². The van der Waals surface area contributed by atoms with Gasteiger partial charge in [0.2, 0.25) is 0 Å². The lowest BCUT2D eigenvalue weighted by molar-refractivity contribution is 0.395. The minimum absolute atomic E-state index is 0.687. The standard InChI is InChI=1S/C16H14N4O2/c1-21-12-3-4-13(16(9-12)22-2)15-6-5-14(19-20-15)11-7-8-17-18-10-11/h3-10H,1-2H3. The van der Waals surface area contributed by atoms with Crippen LogP contribution in [0.2, 0.25) is 0 Å². The summed E-state index contributed by atoms with van der Waals surface area (Å²) in [5, 5.41) is 16.1. The van der Waals surface area contributed by atoms with Gasteiger partial charge in [-0.1, -0.05) is 0 Å². The Kier molecular flexibility index (Phi) is 3.91. The molecule has 0 amide bonds. The zero-order chi connectivity index (χ0) is 15.4. The van der Waals surface area contributed by atoms with Crippen molar-refractivity contribution in [2.45, 2.75) is 0 Å². The summed E-state index contributed by atoms with van der Waals surface area (Å²) in [5.74, 6) is 1.42. The molecule has 0 aliphatic heterocycles. The first-order valence-corrected chi connectivity index (χ1v) is 6.65. The van der Waals surface area contributed by atoms with Gasteiger partial charge in [0.15, 0.2) is 0 Å². The zero-order valence-electron chi connectivity index (χ0n) is 12.2.